The summed E-state index contributed by atoms with van der Waals surface area (Å²) in [4.78, 5) is 36.8. The number of carbonyl (C=O) groups excluding carboxylic acids is 2. The zero-order chi connectivity index (χ0) is 17.8. The molecule has 2 aliphatic heterocycles. The molecule has 3 rings (SSSR count). The standard InChI is InChI=1S/C16H20N4O4S/c1-3-24-16(22)11-8-18-14(15-17-4-7-25-15)20-6-5-19(9-12(11)20)10-13(21)23-2/h4,7H,3,5-6,8-10H2,1-2H3. The molecule has 2 aliphatic rings. The summed E-state index contributed by atoms with van der Waals surface area (Å²) in [7, 11) is 1.37. The lowest BCUT2D eigenvalue weighted by atomic mass is 10.1. The van der Waals surface area contributed by atoms with E-state index < -0.39 is 0 Å². The van der Waals surface area contributed by atoms with Crippen LogP contribution >= 0.6 is 11.3 Å². The Labute approximate surface area is 149 Å². The maximum atomic E-state index is 12.3. The Morgan fingerprint density at radius 2 is 2.20 bits per heavy atom. The molecule has 0 unspecified atom stereocenters. The van der Waals surface area contributed by atoms with Crippen LogP contribution in [0.5, 0.6) is 0 Å². The molecule has 0 saturated carbocycles. The van der Waals surface area contributed by atoms with Gasteiger partial charge in [-0.1, -0.05) is 0 Å². The number of nitrogens with zero attached hydrogens (tertiary/aromatic N) is 4. The second kappa shape index (κ2) is 7.75. The van der Waals surface area contributed by atoms with E-state index in [2.05, 4.69) is 9.98 Å². The number of esters is 2. The van der Waals surface area contributed by atoms with E-state index in [4.69, 9.17) is 9.47 Å². The first-order valence-corrected chi connectivity index (χ1v) is 8.92. The van der Waals surface area contributed by atoms with Crippen LogP contribution in [0.2, 0.25) is 0 Å². The van der Waals surface area contributed by atoms with E-state index in [1.165, 1.54) is 18.4 Å². The Morgan fingerprint density at radius 3 is 2.88 bits per heavy atom. The molecule has 0 amide bonds. The van der Waals surface area contributed by atoms with Gasteiger partial charge in [-0.15, -0.1) is 11.3 Å². The van der Waals surface area contributed by atoms with Gasteiger partial charge in [-0.2, -0.15) is 0 Å². The highest BCUT2D eigenvalue weighted by Gasteiger charge is 2.34. The number of hydrogen-bond acceptors (Lipinski definition) is 9. The lowest BCUT2D eigenvalue weighted by Gasteiger charge is -2.40. The smallest absolute Gasteiger partial charge is 0.337 e. The lowest BCUT2D eigenvalue weighted by Crippen LogP contribution is -2.51. The SMILES string of the molecule is CCOC(=O)C1=C2CN(CC(=O)OC)CCN2C(c2nccs2)=NC1. The molecule has 0 bridgehead atoms. The van der Waals surface area contributed by atoms with Gasteiger partial charge in [-0.25, -0.2) is 9.78 Å². The van der Waals surface area contributed by atoms with Crippen molar-refractivity contribution in [1.82, 2.24) is 14.8 Å². The largest absolute Gasteiger partial charge is 0.468 e. The molecule has 3 heterocycles. The van der Waals surface area contributed by atoms with E-state index in [1.54, 1.807) is 13.1 Å². The molecule has 1 fully saturated rings. The van der Waals surface area contributed by atoms with Gasteiger partial charge in [0.1, 0.15) is 0 Å². The predicted octanol–water partition coefficient (Wildman–Crippen LogP) is 0.511. The van der Waals surface area contributed by atoms with Crippen LogP contribution in [0.3, 0.4) is 0 Å². The molecule has 1 saturated heterocycles. The fourth-order valence-corrected chi connectivity index (χ4v) is 3.53. The van der Waals surface area contributed by atoms with Crippen molar-refractivity contribution in [2.45, 2.75) is 6.92 Å². The molecule has 9 heteroatoms. The van der Waals surface area contributed by atoms with Gasteiger partial charge in [0.25, 0.3) is 0 Å². The Balaban J connectivity index is 1.88. The van der Waals surface area contributed by atoms with Crippen LogP contribution in [0, 0.1) is 0 Å². The third-order valence-electron chi connectivity index (χ3n) is 4.06. The van der Waals surface area contributed by atoms with E-state index in [0.717, 1.165) is 16.5 Å². The van der Waals surface area contributed by atoms with Gasteiger partial charge >= 0.3 is 11.9 Å². The van der Waals surface area contributed by atoms with Crippen LogP contribution in [0.15, 0.2) is 27.8 Å². The van der Waals surface area contributed by atoms with Crippen molar-refractivity contribution in [3.63, 3.8) is 0 Å². The molecule has 0 N–H and O–H groups in total. The number of piperazine rings is 1. The highest BCUT2D eigenvalue weighted by atomic mass is 32.1. The third-order valence-corrected chi connectivity index (χ3v) is 4.82. The van der Waals surface area contributed by atoms with E-state index in [1.807, 2.05) is 15.2 Å². The van der Waals surface area contributed by atoms with Crippen LogP contribution < -0.4 is 0 Å². The molecule has 0 spiro atoms. The van der Waals surface area contributed by atoms with Crippen LogP contribution in [0.1, 0.15) is 11.9 Å². The second-order valence-corrected chi connectivity index (χ2v) is 6.46. The van der Waals surface area contributed by atoms with E-state index in [9.17, 15) is 9.59 Å². The monoisotopic (exact) mass is 364 g/mol. The van der Waals surface area contributed by atoms with Crippen molar-refractivity contribution < 1.29 is 19.1 Å². The number of ether oxygens (including phenoxy) is 2. The first-order chi connectivity index (χ1) is 12.1. The molecule has 0 aliphatic carbocycles. The topological polar surface area (TPSA) is 84.3 Å². The van der Waals surface area contributed by atoms with Crippen LogP contribution in [-0.4, -0.2) is 79.0 Å². The summed E-state index contributed by atoms with van der Waals surface area (Å²) < 4.78 is 9.93. The van der Waals surface area contributed by atoms with Gasteiger partial charge < -0.3 is 14.4 Å². The Bertz CT molecular complexity index is 714. The quantitative estimate of drug-likeness (QED) is 0.704. The molecule has 0 atom stereocenters. The molecular formula is C16H20N4O4S. The molecule has 8 nitrogen and oxygen atoms in total. The average molecular weight is 364 g/mol. The summed E-state index contributed by atoms with van der Waals surface area (Å²) in [6.07, 6.45) is 1.74. The van der Waals surface area contributed by atoms with E-state index >= 15 is 0 Å². The maximum absolute atomic E-state index is 12.3. The number of aromatic nitrogens is 1. The molecule has 134 valence electrons. The molecule has 25 heavy (non-hydrogen) atoms. The molecular weight excluding hydrogens is 344 g/mol. The summed E-state index contributed by atoms with van der Waals surface area (Å²) in [5.41, 5.74) is 1.37. The van der Waals surface area contributed by atoms with E-state index in [-0.39, 0.29) is 25.0 Å². The minimum absolute atomic E-state index is 0.188. The van der Waals surface area contributed by atoms with Gasteiger partial charge in [0.05, 0.1) is 32.4 Å². The number of aliphatic imine (C=N–C) groups is 1. The Kier molecular flexibility index (Phi) is 5.44. The van der Waals surface area contributed by atoms with Gasteiger partial charge in [0, 0.05) is 36.9 Å². The summed E-state index contributed by atoms with van der Waals surface area (Å²) >= 11 is 1.51. The molecule has 1 aromatic rings. The fourth-order valence-electron chi connectivity index (χ4n) is 2.87. The number of fused-ring (bicyclic) bond motifs is 1. The maximum Gasteiger partial charge on any atom is 0.337 e. The number of rotatable bonds is 5. The summed E-state index contributed by atoms with van der Waals surface area (Å²) in [5, 5.41) is 2.72. The first kappa shape index (κ1) is 17.6. The van der Waals surface area contributed by atoms with Crippen molar-refractivity contribution in [1.29, 1.82) is 0 Å². The van der Waals surface area contributed by atoms with Gasteiger partial charge in [0.2, 0.25) is 0 Å². The number of amidine groups is 1. The van der Waals surface area contributed by atoms with Crippen LogP contribution in [0.4, 0.5) is 0 Å². The summed E-state index contributed by atoms with van der Waals surface area (Å²) in [6, 6.07) is 0. The minimum Gasteiger partial charge on any atom is -0.468 e. The normalized spacial score (nSPS) is 17.8. The lowest BCUT2D eigenvalue weighted by molar-refractivity contribution is -0.142. The van der Waals surface area contributed by atoms with Crippen LogP contribution in [0.25, 0.3) is 0 Å². The average Bonchev–Trinajstić information content (AvgIpc) is 3.15. The predicted molar refractivity (Wildman–Crippen MR) is 92.3 cm³/mol. The number of thiazole rings is 1. The summed E-state index contributed by atoms with van der Waals surface area (Å²) in [5.74, 6) is 0.122. The molecule has 1 aromatic heterocycles. The van der Waals surface area contributed by atoms with Crippen molar-refractivity contribution in [2.24, 2.45) is 4.99 Å². The van der Waals surface area contributed by atoms with Gasteiger partial charge in [-0.3, -0.25) is 14.7 Å². The number of carbonyl (C=O) groups is 2. The summed E-state index contributed by atoms with van der Waals surface area (Å²) in [6.45, 7) is 4.28. The highest BCUT2D eigenvalue weighted by Crippen LogP contribution is 2.26. The fraction of sp³-hybridized carbons (Fsp3) is 0.500. The third kappa shape index (κ3) is 3.72. The second-order valence-electron chi connectivity index (χ2n) is 5.56. The molecule has 0 aromatic carbocycles. The zero-order valence-electron chi connectivity index (χ0n) is 14.2. The minimum atomic E-state index is -0.357. The zero-order valence-corrected chi connectivity index (χ0v) is 15.0. The Morgan fingerprint density at radius 1 is 1.36 bits per heavy atom. The van der Waals surface area contributed by atoms with Crippen molar-refractivity contribution in [2.75, 3.05) is 46.4 Å². The van der Waals surface area contributed by atoms with E-state index in [0.29, 0.717) is 31.8 Å². The van der Waals surface area contributed by atoms with Crippen molar-refractivity contribution >= 4 is 29.1 Å². The number of hydrogen-bond donors (Lipinski definition) is 0. The van der Waals surface area contributed by atoms with Crippen LogP contribution in [-0.2, 0) is 19.1 Å². The Hall–Kier alpha value is -2.26. The highest BCUT2D eigenvalue weighted by molar-refractivity contribution is 7.11. The van der Waals surface area contributed by atoms with Gasteiger partial charge in [0.15, 0.2) is 10.8 Å². The van der Waals surface area contributed by atoms with Crippen molar-refractivity contribution in [3.05, 3.63) is 27.9 Å². The first-order valence-electron chi connectivity index (χ1n) is 8.04. The van der Waals surface area contributed by atoms with Crippen molar-refractivity contribution in [3.8, 4) is 0 Å². The molecule has 0 radical (unpaired) electrons. The number of methoxy groups -OCH3 is 1. The van der Waals surface area contributed by atoms with Gasteiger partial charge in [-0.05, 0) is 6.92 Å².